The highest BCUT2D eigenvalue weighted by Gasteiger charge is 2.29. The van der Waals surface area contributed by atoms with E-state index in [1.807, 2.05) is 58.8 Å². The number of amides is 2. The van der Waals surface area contributed by atoms with E-state index in [2.05, 4.69) is 5.32 Å². The molecule has 1 aliphatic rings. The highest BCUT2D eigenvalue weighted by Crippen LogP contribution is 2.27. The maximum absolute atomic E-state index is 13.3. The molecule has 3 aromatic rings. The molecule has 0 saturated carbocycles. The molecular weight excluding hydrogens is 423 g/mol. The normalized spacial score (nSPS) is 14.9. The standard InChI is InChI=1S/C26H25FN2O2S/c27-22-10-8-19(9-11-22)17-23(24-7-4-16-32-24)26(31)29-14-12-21(13-15-29)25(30)28-18-20-5-2-1-3-6-20/h1-11,16-17,21H,12-15,18H2,(H,28,30)/b23-17+. The van der Waals surface area contributed by atoms with E-state index in [0.29, 0.717) is 38.0 Å². The third kappa shape index (κ3) is 5.51. The number of thiophene rings is 1. The first-order chi connectivity index (χ1) is 15.6. The van der Waals surface area contributed by atoms with E-state index in [1.54, 1.807) is 12.1 Å². The van der Waals surface area contributed by atoms with E-state index in [0.717, 1.165) is 16.0 Å². The van der Waals surface area contributed by atoms with Crippen LogP contribution in [0.5, 0.6) is 0 Å². The number of nitrogens with one attached hydrogen (secondary N) is 1. The summed E-state index contributed by atoms with van der Waals surface area (Å²) in [5.41, 5.74) is 2.44. The molecule has 1 saturated heterocycles. The molecule has 2 aromatic carbocycles. The van der Waals surface area contributed by atoms with Gasteiger partial charge in [0.2, 0.25) is 5.91 Å². The van der Waals surface area contributed by atoms with Gasteiger partial charge < -0.3 is 10.2 Å². The Labute approximate surface area is 191 Å². The van der Waals surface area contributed by atoms with Crippen molar-refractivity contribution in [2.45, 2.75) is 19.4 Å². The quantitative estimate of drug-likeness (QED) is 0.541. The molecule has 4 nitrogen and oxygen atoms in total. The van der Waals surface area contributed by atoms with Gasteiger partial charge in [0.25, 0.3) is 5.91 Å². The number of nitrogens with zero attached hydrogens (tertiary/aromatic N) is 1. The first kappa shape index (κ1) is 22.0. The molecule has 1 aliphatic heterocycles. The molecule has 4 rings (SSSR count). The minimum absolute atomic E-state index is 0.0429. The Morgan fingerprint density at radius 3 is 2.38 bits per heavy atom. The van der Waals surface area contributed by atoms with Crippen molar-refractivity contribution in [3.63, 3.8) is 0 Å². The van der Waals surface area contributed by atoms with Crippen molar-refractivity contribution in [1.82, 2.24) is 10.2 Å². The summed E-state index contributed by atoms with van der Waals surface area (Å²) < 4.78 is 13.3. The van der Waals surface area contributed by atoms with Gasteiger partial charge in [0, 0.05) is 30.4 Å². The number of rotatable bonds is 6. The van der Waals surface area contributed by atoms with Crippen molar-refractivity contribution in [3.8, 4) is 0 Å². The minimum atomic E-state index is -0.307. The Kier molecular flexibility index (Phi) is 7.12. The van der Waals surface area contributed by atoms with Crippen LogP contribution in [0.25, 0.3) is 11.6 Å². The maximum atomic E-state index is 13.3. The predicted molar refractivity (Wildman–Crippen MR) is 126 cm³/mol. The van der Waals surface area contributed by atoms with Crippen molar-refractivity contribution < 1.29 is 14.0 Å². The van der Waals surface area contributed by atoms with Crippen molar-refractivity contribution in [2.75, 3.05) is 13.1 Å². The smallest absolute Gasteiger partial charge is 0.255 e. The van der Waals surface area contributed by atoms with Gasteiger partial charge >= 0.3 is 0 Å². The zero-order valence-electron chi connectivity index (χ0n) is 17.7. The SMILES string of the molecule is O=C(NCc1ccccc1)C1CCN(C(=O)/C(=C/c2ccc(F)cc2)c2cccs2)CC1. The molecule has 1 fully saturated rings. The molecule has 0 spiro atoms. The molecule has 6 heteroatoms. The summed E-state index contributed by atoms with van der Waals surface area (Å²) in [7, 11) is 0. The Morgan fingerprint density at radius 1 is 1.00 bits per heavy atom. The molecule has 0 aliphatic carbocycles. The number of piperidine rings is 1. The van der Waals surface area contributed by atoms with Gasteiger partial charge in [0.05, 0.1) is 5.57 Å². The summed E-state index contributed by atoms with van der Waals surface area (Å²) in [6, 6.07) is 19.8. The van der Waals surface area contributed by atoms with Gasteiger partial charge in [-0.3, -0.25) is 9.59 Å². The molecule has 32 heavy (non-hydrogen) atoms. The lowest BCUT2D eigenvalue weighted by molar-refractivity contribution is -0.131. The van der Waals surface area contributed by atoms with E-state index in [1.165, 1.54) is 23.5 Å². The first-order valence-corrected chi connectivity index (χ1v) is 11.6. The van der Waals surface area contributed by atoms with E-state index in [4.69, 9.17) is 0 Å². The highest BCUT2D eigenvalue weighted by molar-refractivity contribution is 7.11. The molecule has 0 atom stereocenters. The fourth-order valence-electron chi connectivity index (χ4n) is 3.84. The summed E-state index contributed by atoms with van der Waals surface area (Å²) in [6.07, 6.45) is 3.09. The highest BCUT2D eigenvalue weighted by atomic mass is 32.1. The van der Waals surface area contributed by atoms with Crippen LogP contribution < -0.4 is 5.32 Å². The average molecular weight is 449 g/mol. The Balaban J connectivity index is 1.39. The van der Waals surface area contributed by atoms with Crippen LogP contribution in [0.15, 0.2) is 72.1 Å². The van der Waals surface area contributed by atoms with Crippen LogP contribution in [0.3, 0.4) is 0 Å². The summed E-state index contributed by atoms with van der Waals surface area (Å²) in [5, 5.41) is 4.95. The lowest BCUT2D eigenvalue weighted by Gasteiger charge is -2.32. The summed E-state index contributed by atoms with van der Waals surface area (Å²) in [6.45, 7) is 1.59. The zero-order chi connectivity index (χ0) is 22.3. The molecule has 0 bridgehead atoms. The van der Waals surface area contributed by atoms with Gasteiger partial charge in [-0.1, -0.05) is 48.5 Å². The minimum Gasteiger partial charge on any atom is -0.352 e. The Hall–Kier alpha value is -3.25. The van der Waals surface area contributed by atoms with Crippen molar-refractivity contribution in [2.24, 2.45) is 5.92 Å². The molecular formula is C26H25FN2O2S. The van der Waals surface area contributed by atoms with Crippen LogP contribution in [0.2, 0.25) is 0 Å². The molecule has 2 amide bonds. The molecule has 164 valence electrons. The number of halogens is 1. The largest absolute Gasteiger partial charge is 0.352 e. The Bertz CT molecular complexity index is 1070. The molecule has 2 heterocycles. The summed E-state index contributed by atoms with van der Waals surface area (Å²) in [5.74, 6) is -0.408. The second-order valence-electron chi connectivity index (χ2n) is 7.86. The van der Waals surface area contributed by atoms with E-state index < -0.39 is 0 Å². The van der Waals surface area contributed by atoms with E-state index >= 15 is 0 Å². The van der Waals surface area contributed by atoms with Crippen LogP contribution in [-0.2, 0) is 16.1 Å². The number of hydrogen-bond donors (Lipinski definition) is 1. The third-order valence-electron chi connectivity index (χ3n) is 5.66. The van der Waals surface area contributed by atoms with Gasteiger partial charge in [-0.25, -0.2) is 4.39 Å². The van der Waals surface area contributed by atoms with Gasteiger partial charge in [-0.05, 0) is 53.6 Å². The van der Waals surface area contributed by atoms with Crippen molar-refractivity contribution in [1.29, 1.82) is 0 Å². The lowest BCUT2D eigenvalue weighted by atomic mass is 9.95. The fraction of sp³-hybridized carbons (Fsp3) is 0.231. The second kappa shape index (κ2) is 10.4. The second-order valence-corrected chi connectivity index (χ2v) is 8.80. The molecule has 0 unspecified atom stereocenters. The summed E-state index contributed by atoms with van der Waals surface area (Å²) >= 11 is 1.50. The molecule has 1 aromatic heterocycles. The molecule has 1 N–H and O–H groups in total. The van der Waals surface area contributed by atoms with Crippen LogP contribution in [0, 0.1) is 11.7 Å². The Morgan fingerprint density at radius 2 is 1.72 bits per heavy atom. The average Bonchev–Trinajstić information content (AvgIpc) is 3.37. The number of carbonyl (C=O) groups is 2. The monoisotopic (exact) mass is 448 g/mol. The number of carbonyl (C=O) groups excluding carboxylic acids is 2. The van der Waals surface area contributed by atoms with Crippen LogP contribution >= 0.6 is 11.3 Å². The van der Waals surface area contributed by atoms with Crippen LogP contribution in [0.4, 0.5) is 4.39 Å². The van der Waals surface area contributed by atoms with Crippen molar-refractivity contribution >= 4 is 34.8 Å². The van der Waals surface area contributed by atoms with Crippen molar-refractivity contribution in [3.05, 3.63) is 93.9 Å². The number of likely N-dealkylation sites (tertiary alicyclic amines) is 1. The fourth-order valence-corrected chi connectivity index (χ4v) is 4.57. The molecule has 0 radical (unpaired) electrons. The van der Waals surface area contributed by atoms with E-state index in [9.17, 15) is 14.0 Å². The zero-order valence-corrected chi connectivity index (χ0v) is 18.5. The predicted octanol–water partition coefficient (Wildman–Crippen LogP) is 4.98. The van der Waals surface area contributed by atoms with E-state index in [-0.39, 0.29) is 23.5 Å². The van der Waals surface area contributed by atoms with Gasteiger partial charge in [0.15, 0.2) is 0 Å². The van der Waals surface area contributed by atoms with Crippen LogP contribution in [-0.4, -0.2) is 29.8 Å². The summed E-state index contributed by atoms with van der Waals surface area (Å²) in [4.78, 5) is 28.6. The number of benzene rings is 2. The topological polar surface area (TPSA) is 49.4 Å². The number of hydrogen-bond acceptors (Lipinski definition) is 3. The van der Waals surface area contributed by atoms with Crippen LogP contribution in [0.1, 0.15) is 28.8 Å². The maximum Gasteiger partial charge on any atom is 0.255 e. The van der Waals surface area contributed by atoms with Gasteiger partial charge in [-0.15, -0.1) is 11.3 Å². The lowest BCUT2D eigenvalue weighted by Crippen LogP contribution is -2.43. The van der Waals surface area contributed by atoms with Gasteiger partial charge in [-0.2, -0.15) is 0 Å². The third-order valence-corrected chi connectivity index (χ3v) is 6.56. The first-order valence-electron chi connectivity index (χ1n) is 10.7. The van der Waals surface area contributed by atoms with Gasteiger partial charge in [0.1, 0.15) is 5.82 Å².